The van der Waals surface area contributed by atoms with E-state index < -0.39 is 11.6 Å². The van der Waals surface area contributed by atoms with Crippen LogP contribution in [0.5, 0.6) is 0 Å². The molecule has 7 heteroatoms. The molecule has 2 aliphatic carbocycles. The SMILES string of the molecule is COC(=O)C1(F)CC[C@H](N(Cc2ccccc2)Cc2ccccc2)C1.COC(=O)[C@@H]1CC[C@H](N(Cc2ccccc2)Cc2ccccc2)C1. The summed E-state index contributed by atoms with van der Waals surface area (Å²) in [5.41, 5.74) is 3.15. The maximum Gasteiger partial charge on any atom is 0.343 e. The molecule has 2 saturated carbocycles. The third kappa shape index (κ3) is 10.3. The summed E-state index contributed by atoms with van der Waals surface area (Å²) in [6.07, 6.45) is 3.96. The second kappa shape index (κ2) is 17.9. The molecule has 0 aliphatic heterocycles. The Balaban J connectivity index is 0.000000191. The third-order valence-corrected chi connectivity index (χ3v) is 9.87. The maximum absolute atomic E-state index is 14.9. The highest BCUT2D eigenvalue weighted by atomic mass is 19.1. The van der Waals surface area contributed by atoms with Crippen molar-refractivity contribution in [1.82, 2.24) is 9.80 Å². The van der Waals surface area contributed by atoms with E-state index in [0.717, 1.165) is 45.4 Å². The van der Waals surface area contributed by atoms with Gasteiger partial charge in [-0.15, -0.1) is 0 Å². The van der Waals surface area contributed by atoms with Gasteiger partial charge in [-0.1, -0.05) is 121 Å². The van der Waals surface area contributed by atoms with Gasteiger partial charge in [-0.3, -0.25) is 14.6 Å². The molecule has 6 nitrogen and oxygen atoms in total. The lowest BCUT2D eigenvalue weighted by molar-refractivity contribution is -0.154. The quantitative estimate of drug-likeness (QED) is 0.143. The normalized spacial score (nSPS) is 21.6. The number of hydrogen-bond acceptors (Lipinski definition) is 6. The molecule has 2 aliphatic rings. The highest BCUT2D eigenvalue weighted by Gasteiger charge is 2.48. The molecule has 2 fully saturated rings. The molecule has 4 atom stereocenters. The molecule has 0 saturated heterocycles. The van der Waals surface area contributed by atoms with E-state index in [4.69, 9.17) is 4.74 Å². The molecule has 0 spiro atoms. The summed E-state index contributed by atoms with van der Waals surface area (Å²) in [6.45, 7) is 3.29. The van der Waals surface area contributed by atoms with Crippen molar-refractivity contribution in [1.29, 1.82) is 0 Å². The van der Waals surface area contributed by atoms with E-state index in [1.165, 1.54) is 36.5 Å². The number of halogens is 1. The van der Waals surface area contributed by atoms with Gasteiger partial charge in [0.2, 0.25) is 5.67 Å². The number of carbonyl (C=O) groups excluding carboxylic acids is 2. The van der Waals surface area contributed by atoms with Crippen LogP contribution in [0.15, 0.2) is 121 Å². The predicted molar refractivity (Wildman–Crippen MR) is 191 cm³/mol. The van der Waals surface area contributed by atoms with Gasteiger partial charge in [0.1, 0.15) is 0 Å². The first-order chi connectivity index (χ1) is 23.9. The van der Waals surface area contributed by atoms with Gasteiger partial charge in [-0.25, -0.2) is 9.18 Å². The number of hydrogen-bond donors (Lipinski definition) is 0. The van der Waals surface area contributed by atoms with E-state index in [0.29, 0.717) is 12.5 Å². The van der Waals surface area contributed by atoms with Crippen molar-refractivity contribution in [2.45, 2.75) is 82.5 Å². The number of nitrogens with zero attached hydrogens (tertiary/aromatic N) is 2. The number of carbonyl (C=O) groups is 2. The monoisotopic (exact) mass is 664 g/mol. The third-order valence-electron chi connectivity index (χ3n) is 9.87. The highest BCUT2D eigenvalue weighted by Crippen LogP contribution is 2.38. The van der Waals surface area contributed by atoms with Crippen molar-refractivity contribution in [3.8, 4) is 0 Å². The summed E-state index contributed by atoms with van der Waals surface area (Å²) in [5, 5.41) is 0. The molecule has 1 unspecified atom stereocenters. The zero-order chi connectivity index (χ0) is 34.5. The summed E-state index contributed by atoms with van der Waals surface area (Å²) in [7, 11) is 2.74. The Morgan fingerprint density at radius 2 is 1.02 bits per heavy atom. The number of alkyl halides is 1. The Morgan fingerprint density at radius 3 is 1.41 bits per heavy atom. The van der Waals surface area contributed by atoms with Crippen LogP contribution in [0, 0.1) is 5.92 Å². The van der Waals surface area contributed by atoms with Gasteiger partial charge in [0, 0.05) is 44.7 Å². The zero-order valence-electron chi connectivity index (χ0n) is 28.8. The Labute approximate surface area is 290 Å². The summed E-state index contributed by atoms with van der Waals surface area (Å²) in [5.74, 6) is -0.750. The van der Waals surface area contributed by atoms with E-state index in [9.17, 15) is 14.0 Å². The van der Waals surface area contributed by atoms with Crippen LogP contribution >= 0.6 is 0 Å². The second-order valence-electron chi connectivity index (χ2n) is 13.3. The van der Waals surface area contributed by atoms with Crippen LogP contribution in [0.3, 0.4) is 0 Å². The zero-order valence-corrected chi connectivity index (χ0v) is 28.8. The first-order valence-corrected chi connectivity index (χ1v) is 17.4. The van der Waals surface area contributed by atoms with Gasteiger partial charge in [0.15, 0.2) is 0 Å². The largest absolute Gasteiger partial charge is 0.469 e. The van der Waals surface area contributed by atoms with Gasteiger partial charge in [-0.2, -0.15) is 0 Å². The average molecular weight is 665 g/mol. The van der Waals surface area contributed by atoms with Crippen molar-refractivity contribution in [2.75, 3.05) is 14.2 Å². The van der Waals surface area contributed by atoms with Crippen molar-refractivity contribution in [3.63, 3.8) is 0 Å². The number of benzene rings is 4. The van der Waals surface area contributed by atoms with Crippen molar-refractivity contribution in [3.05, 3.63) is 144 Å². The Hall–Kier alpha value is -4.33. The number of esters is 2. The standard InChI is InChI=1S/C21H24FNO2.C21H25NO2/c1-25-20(24)21(22)13-12-19(14-21)23(15-17-8-4-2-5-9-17)16-18-10-6-3-7-11-18;1-24-21(23)19-12-13-20(14-19)22(15-17-8-4-2-5-9-17)16-18-10-6-3-7-11-18/h2-11,19H,12-16H2,1H3;2-11,19-20H,12-16H2,1H3/t19-,21?;19-,20+/m01/s1. The van der Waals surface area contributed by atoms with Gasteiger partial charge in [0.05, 0.1) is 20.1 Å². The Bertz CT molecular complexity index is 1490. The molecule has 4 aromatic rings. The molecule has 49 heavy (non-hydrogen) atoms. The fourth-order valence-corrected chi connectivity index (χ4v) is 7.22. The molecule has 258 valence electrons. The average Bonchev–Trinajstić information content (AvgIpc) is 3.81. The molecule has 0 amide bonds. The van der Waals surface area contributed by atoms with Gasteiger partial charge in [-0.05, 0) is 54.4 Å². The molecule has 0 aromatic heterocycles. The van der Waals surface area contributed by atoms with E-state index in [-0.39, 0.29) is 30.8 Å². The minimum absolute atomic E-state index is 0.0181. The fourth-order valence-electron chi connectivity index (χ4n) is 7.22. The smallest absolute Gasteiger partial charge is 0.343 e. The van der Waals surface area contributed by atoms with Gasteiger partial charge < -0.3 is 9.47 Å². The molecule has 0 radical (unpaired) electrons. The first kappa shape index (κ1) is 36.0. The molecule has 4 aromatic carbocycles. The van der Waals surface area contributed by atoms with E-state index in [1.54, 1.807) is 0 Å². The highest BCUT2D eigenvalue weighted by molar-refractivity contribution is 5.79. The summed E-state index contributed by atoms with van der Waals surface area (Å²) in [6, 6.07) is 41.9. The van der Waals surface area contributed by atoms with E-state index in [1.807, 2.05) is 48.5 Å². The van der Waals surface area contributed by atoms with Gasteiger partial charge in [0.25, 0.3) is 0 Å². The topological polar surface area (TPSA) is 59.1 Å². The van der Waals surface area contributed by atoms with Crippen molar-refractivity contribution < 1.29 is 23.5 Å². The van der Waals surface area contributed by atoms with Crippen LogP contribution in [-0.2, 0) is 45.2 Å². The first-order valence-electron chi connectivity index (χ1n) is 17.4. The summed E-state index contributed by atoms with van der Waals surface area (Å²) in [4.78, 5) is 28.4. The Morgan fingerprint density at radius 1 is 0.612 bits per heavy atom. The van der Waals surface area contributed by atoms with Crippen LogP contribution in [0.25, 0.3) is 0 Å². The van der Waals surface area contributed by atoms with Crippen LogP contribution in [0.4, 0.5) is 4.39 Å². The second-order valence-corrected chi connectivity index (χ2v) is 13.3. The van der Waals surface area contributed by atoms with Crippen molar-refractivity contribution in [2.24, 2.45) is 5.92 Å². The van der Waals surface area contributed by atoms with Crippen molar-refractivity contribution >= 4 is 11.9 Å². The molecule has 0 heterocycles. The van der Waals surface area contributed by atoms with Crippen LogP contribution in [0.1, 0.15) is 60.8 Å². The minimum Gasteiger partial charge on any atom is -0.469 e. The lowest BCUT2D eigenvalue weighted by atomic mass is 10.0. The van der Waals surface area contributed by atoms with Gasteiger partial charge >= 0.3 is 11.9 Å². The molecule has 0 bridgehead atoms. The number of methoxy groups -OCH3 is 2. The Kier molecular flexibility index (Phi) is 13.1. The van der Waals surface area contributed by atoms with E-state index in [2.05, 4.69) is 87.3 Å². The molecular formula is C42H49FN2O4. The molecule has 6 rings (SSSR count). The summed E-state index contributed by atoms with van der Waals surface area (Å²) < 4.78 is 24.5. The fraction of sp³-hybridized carbons (Fsp3) is 0.381. The number of rotatable bonds is 12. The minimum atomic E-state index is -1.86. The predicted octanol–water partition coefficient (Wildman–Crippen LogP) is 8.15. The van der Waals surface area contributed by atoms with E-state index >= 15 is 0 Å². The molecular weight excluding hydrogens is 615 g/mol. The van der Waals surface area contributed by atoms with Crippen LogP contribution < -0.4 is 0 Å². The maximum atomic E-state index is 14.9. The number of ether oxygens (including phenoxy) is 2. The van der Waals surface area contributed by atoms with Crippen LogP contribution in [0.2, 0.25) is 0 Å². The lowest BCUT2D eigenvalue weighted by Gasteiger charge is -2.29. The van der Waals surface area contributed by atoms with Crippen LogP contribution in [-0.4, -0.2) is 53.7 Å². The summed E-state index contributed by atoms with van der Waals surface area (Å²) >= 11 is 0. The lowest BCUT2D eigenvalue weighted by Crippen LogP contribution is -2.37. The molecule has 0 N–H and O–H groups in total.